The second-order valence-corrected chi connectivity index (χ2v) is 5.00. The largest absolute Gasteiger partial charge is 0.384 e. The zero-order valence-corrected chi connectivity index (χ0v) is 11.3. The topological polar surface area (TPSA) is 59.2 Å². The van der Waals surface area contributed by atoms with Crippen molar-refractivity contribution in [2.24, 2.45) is 0 Å². The highest BCUT2D eigenvalue weighted by molar-refractivity contribution is 7.98. The van der Waals surface area contributed by atoms with E-state index >= 15 is 0 Å². The lowest BCUT2D eigenvalue weighted by atomic mass is 10.2. The van der Waals surface area contributed by atoms with Crippen molar-refractivity contribution in [2.45, 2.75) is 19.4 Å². The summed E-state index contributed by atoms with van der Waals surface area (Å²) < 4.78 is 0. The number of nitrogens with zero attached hydrogens (tertiary/aromatic N) is 2. The summed E-state index contributed by atoms with van der Waals surface area (Å²) in [5.41, 5.74) is 6.16. The van der Waals surface area contributed by atoms with Crippen molar-refractivity contribution in [3.05, 3.63) is 23.9 Å². The predicted octanol–water partition coefficient (Wildman–Crippen LogP) is 1.88. The van der Waals surface area contributed by atoms with Gasteiger partial charge in [-0.2, -0.15) is 11.8 Å². The molecule has 0 aliphatic heterocycles. The third-order valence-electron chi connectivity index (χ3n) is 2.75. The maximum Gasteiger partial charge on any atom is 0.254 e. The van der Waals surface area contributed by atoms with Crippen LogP contribution in [0.1, 0.15) is 23.7 Å². The summed E-state index contributed by atoms with van der Waals surface area (Å²) in [6.45, 7) is 2.05. The molecule has 1 unspecified atom stereocenters. The van der Waals surface area contributed by atoms with E-state index < -0.39 is 0 Å². The Morgan fingerprint density at radius 2 is 2.35 bits per heavy atom. The summed E-state index contributed by atoms with van der Waals surface area (Å²) >= 11 is 1.79. The average molecular weight is 253 g/mol. The fraction of sp³-hybridized carbons (Fsp3) is 0.500. The molecule has 0 aromatic carbocycles. The van der Waals surface area contributed by atoms with Gasteiger partial charge in [-0.25, -0.2) is 4.98 Å². The van der Waals surface area contributed by atoms with Crippen molar-refractivity contribution < 1.29 is 4.79 Å². The van der Waals surface area contributed by atoms with Crippen LogP contribution in [-0.2, 0) is 0 Å². The van der Waals surface area contributed by atoms with Crippen LogP contribution in [0.15, 0.2) is 18.3 Å². The molecule has 0 aliphatic carbocycles. The lowest BCUT2D eigenvalue weighted by molar-refractivity contribution is 0.0741. The van der Waals surface area contributed by atoms with Gasteiger partial charge in [-0.1, -0.05) is 0 Å². The van der Waals surface area contributed by atoms with Crippen molar-refractivity contribution in [1.82, 2.24) is 9.88 Å². The Hall–Kier alpha value is -1.23. The lowest BCUT2D eigenvalue weighted by Crippen LogP contribution is -2.35. The maximum absolute atomic E-state index is 12.1. The molecule has 1 amide bonds. The fourth-order valence-corrected chi connectivity index (χ4v) is 2.04. The molecular weight excluding hydrogens is 234 g/mol. The summed E-state index contributed by atoms with van der Waals surface area (Å²) in [6.07, 6.45) is 4.62. The number of aromatic nitrogens is 1. The highest BCUT2D eigenvalue weighted by Crippen LogP contribution is 2.11. The molecule has 5 heteroatoms. The first-order valence-electron chi connectivity index (χ1n) is 5.54. The van der Waals surface area contributed by atoms with Gasteiger partial charge in [0.1, 0.15) is 5.82 Å². The zero-order chi connectivity index (χ0) is 12.8. The van der Waals surface area contributed by atoms with E-state index in [1.54, 1.807) is 35.0 Å². The first kappa shape index (κ1) is 13.8. The predicted molar refractivity (Wildman–Crippen MR) is 73.2 cm³/mol. The minimum atomic E-state index is -0.00676. The second-order valence-electron chi connectivity index (χ2n) is 4.02. The van der Waals surface area contributed by atoms with Gasteiger partial charge in [0, 0.05) is 24.8 Å². The lowest BCUT2D eigenvalue weighted by Gasteiger charge is -2.24. The van der Waals surface area contributed by atoms with Gasteiger partial charge < -0.3 is 10.6 Å². The third-order valence-corrected chi connectivity index (χ3v) is 3.39. The van der Waals surface area contributed by atoms with E-state index in [0.29, 0.717) is 11.4 Å². The summed E-state index contributed by atoms with van der Waals surface area (Å²) in [6, 6.07) is 3.53. The molecule has 0 spiro atoms. The first-order chi connectivity index (χ1) is 8.06. The number of anilines is 1. The second kappa shape index (κ2) is 6.49. The molecule has 0 bridgehead atoms. The van der Waals surface area contributed by atoms with Gasteiger partial charge in [0.05, 0.1) is 0 Å². The van der Waals surface area contributed by atoms with E-state index in [4.69, 9.17) is 5.73 Å². The highest BCUT2D eigenvalue weighted by atomic mass is 32.2. The van der Waals surface area contributed by atoms with Crippen molar-refractivity contribution in [3.63, 3.8) is 0 Å². The molecule has 0 aliphatic rings. The van der Waals surface area contributed by atoms with Crippen molar-refractivity contribution >= 4 is 23.5 Å². The molecule has 1 aromatic rings. The third kappa shape index (κ3) is 3.93. The highest BCUT2D eigenvalue weighted by Gasteiger charge is 2.17. The molecule has 1 heterocycles. The fourth-order valence-electron chi connectivity index (χ4n) is 1.47. The molecule has 94 valence electrons. The van der Waals surface area contributed by atoms with Crippen LogP contribution in [0.3, 0.4) is 0 Å². The van der Waals surface area contributed by atoms with Crippen LogP contribution in [0.4, 0.5) is 5.82 Å². The van der Waals surface area contributed by atoms with Crippen LogP contribution in [-0.4, -0.2) is 40.9 Å². The zero-order valence-electron chi connectivity index (χ0n) is 10.5. The molecule has 0 saturated heterocycles. The van der Waals surface area contributed by atoms with Crippen molar-refractivity contribution in [3.8, 4) is 0 Å². The van der Waals surface area contributed by atoms with Crippen LogP contribution in [0, 0.1) is 0 Å². The molecule has 2 N–H and O–H groups in total. The monoisotopic (exact) mass is 253 g/mol. The van der Waals surface area contributed by atoms with Crippen LogP contribution in [0.2, 0.25) is 0 Å². The molecule has 0 saturated carbocycles. The van der Waals surface area contributed by atoms with Crippen molar-refractivity contribution in [2.75, 3.05) is 24.8 Å². The minimum absolute atomic E-state index is 0.00676. The SMILES string of the molecule is CSCCC(C)N(C)C(=O)c1ccnc(N)c1. The number of hydrogen-bond donors (Lipinski definition) is 1. The maximum atomic E-state index is 12.1. The number of nitrogen functional groups attached to an aromatic ring is 1. The summed E-state index contributed by atoms with van der Waals surface area (Å²) in [4.78, 5) is 17.8. The van der Waals surface area contributed by atoms with Gasteiger partial charge in [0.25, 0.3) is 5.91 Å². The van der Waals surface area contributed by atoms with Gasteiger partial charge >= 0.3 is 0 Å². The number of amides is 1. The van der Waals surface area contributed by atoms with Gasteiger partial charge in [-0.05, 0) is 37.5 Å². The molecule has 17 heavy (non-hydrogen) atoms. The normalized spacial score (nSPS) is 12.2. The Labute approximate surface area is 107 Å². The Kier molecular flexibility index (Phi) is 5.28. The van der Waals surface area contributed by atoms with Crippen LogP contribution in [0.5, 0.6) is 0 Å². The Morgan fingerprint density at radius 3 is 2.94 bits per heavy atom. The number of thioether (sulfide) groups is 1. The van der Waals surface area contributed by atoms with E-state index in [1.807, 2.05) is 7.05 Å². The van der Waals surface area contributed by atoms with E-state index in [9.17, 15) is 4.79 Å². The number of carbonyl (C=O) groups is 1. The molecular formula is C12H19N3OS. The van der Waals surface area contributed by atoms with Crippen molar-refractivity contribution in [1.29, 1.82) is 0 Å². The van der Waals surface area contributed by atoms with E-state index in [-0.39, 0.29) is 11.9 Å². The molecule has 1 aromatic heterocycles. The van der Waals surface area contributed by atoms with Gasteiger partial charge in [-0.15, -0.1) is 0 Å². The standard InChI is InChI=1S/C12H19N3OS/c1-9(5-7-17-3)15(2)12(16)10-4-6-14-11(13)8-10/h4,6,8-9H,5,7H2,1-3H3,(H2,13,14). The smallest absolute Gasteiger partial charge is 0.254 e. The molecule has 1 rings (SSSR count). The number of nitrogens with two attached hydrogens (primary N) is 1. The van der Waals surface area contributed by atoms with Gasteiger partial charge in [0.2, 0.25) is 0 Å². The number of pyridine rings is 1. The molecule has 0 radical (unpaired) electrons. The summed E-state index contributed by atoms with van der Waals surface area (Å²) in [7, 11) is 1.82. The summed E-state index contributed by atoms with van der Waals surface area (Å²) in [5, 5.41) is 0. The minimum Gasteiger partial charge on any atom is -0.384 e. The Morgan fingerprint density at radius 1 is 1.65 bits per heavy atom. The van der Waals surface area contributed by atoms with E-state index in [0.717, 1.165) is 12.2 Å². The summed E-state index contributed by atoms with van der Waals surface area (Å²) in [5.74, 6) is 1.42. The number of carbonyl (C=O) groups excluding carboxylic acids is 1. The van der Waals surface area contributed by atoms with Gasteiger partial charge in [0.15, 0.2) is 0 Å². The molecule has 1 atom stereocenters. The van der Waals surface area contributed by atoms with E-state index in [2.05, 4.69) is 18.2 Å². The number of rotatable bonds is 5. The Balaban J connectivity index is 2.69. The quantitative estimate of drug-likeness (QED) is 0.870. The first-order valence-corrected chi connectivity index (χ1v) is 6.93. The van der Waals surface area contributed by atoms with Gasteiger partial charge in [-0.3, -0.25) is 4.79 Å². The molecule has 0 fully saturated rings. The molecule has 4 nitrogen and oxygen atoms in total. The van der Waals surface area contributed by atoms with Crippen LogP contribution in [0.25, 0.3) is 0 Å². The number of hydrogen-bond acceptors (Lipinski definition) is 4. The van der Waals surface area contributed by atoms with Crippen LogP contribution >= 0.6 is 11.8 Å². The van der Waals surface area contributed by atoms with Crippen LogP contribution < -0.4 is 5.73 Å². The Bertz CT molecular complexity index is 384. The average Bonchev–Trinajstić information content (AvgIpc) is 2.34. The van der Waals surface area contributed by atoms with E-state index in [1.165, 1.54) is 0 Å².